The lowest BCUT2D eigenvalue weighted by atomic mass is 10.0. The summed E-state index contributed by atoms with van der Waals surface area (Å²) in [6.45, 7) is 8.83. The van der Waals surface area contributed by atoms with Crippen LogP contribution in [0, 0.1) is 27.7 Å². The second-order valence-electron chi connectivity index (χ2n) is 6.94. The fraction of sp³-hybridized carbons (Fsp3) is 0.409. The summed E-state index contributed by atoms with van der Waals surface area (Å²) in [6.07, 6.45) is 4.18. The molecule has 0 N–H and O–H groups in total. The van der Waals surface area contributed by atoms with E-state index in [4.69, 9.17) is 13.7 Å². The van der Waals surface area contributed by atoms with Gasteiger partial charge in [-0.2, -0.15) is 0 Å². The summed E-state index contributed by atoms with van der Waals surface area (Å²) in [5, 5.41) is 3.91. The van der Waals surface area contributed by atoms with E-state index in [-0.39, 0.29) is 0 Å². The van der Waals surface area contributed by atoms with Crippen LogP contribution in [0.4, 0.5) is 0 Å². The molecule has 138 valence electrons. The molecule has 2 aromatic heterocycles. The van der Waals surface area contributed by atoms with Crippen LogP contribution in [-0.4, -0.2) is 11.8 Å². The molecule has 0 unspecified atom stereocenters. The fourth-order valence-corrected chi connectivity index (χ4v) is 3.20. The first-order valence-electron chi connectivity index (χ1n) is 9.26. The number of aromatic nitrogens is 1. The highest BCUT2D eigenvalue weighted by molar-refractivity contribution is 5.63. The molecule has 0 saturated carbocycles. The molecule has 0 bridgehead atoms. The highest BCUT2D eigenvalue weighted by atomic mass is 16.5. The minimum atomic E-state index is 0.732. The standard InChI is InChI=1S/C22H27NO3/c1-15-12-19(21-10-9-18(4)25-21)13-16(2)22(15)24-11-7-5-6-8-20-14-17(3)23-26-20/h9-10,12-14H,5-8,11H2,1-4H3. The van der Waals surface area contributed by atoms with Crippen LogP contribution < -0.4 is 4.74 Å². The Morgan fingerprint density at radius 1 is 0.923 bits per heavy atom. The normalized spacial score (nSPS) is 11.1. The molecule has 3 aromatic rings. The molecule has 4 nitrogen and oxygen atoms in total. The molecule has 0 amide bonds. The van der Waals surface area contributed by atoms with Crippen molar-refractivity contribution in [2.45, 2.75) is 53.4 Å². The summed E-state index contributed by atoms with van der Waals surface area (Å²) in [6, 6.07) is 10.3. The molecule has 0 aliphatic carbocycles. The van der Waals surface area contributed by atoms with Gasteiger partial charge in [0.1, 0.15) is 23.0 Å². The van der Waals surface area contributed by atoms with Gasteiger partial charge >= 0.3 is 0 Å². The molecule has 0 spiro atoms. The molecular formula is C22H27NO3. The van der Waals surface area contributed by atoms with Crippen LogP contribution >= 0.6 is 0 Å². The first-order chi connectivity index (χ1) is 12.5. The summed E-state index contributed by atoms with van der Waals surface area (Å²) in [7, 11) is 0. The highest BCUT2D eigenvalue weighted by Gasteiger charge is 2.10. The van der Waals surface area contributed by atoms with Crippen molar-refractivity contribution < 1.29 is 13.7 Å². The second kappa shape index (κ2) is 8.26. The zero-order valence-corrected chi connectivity index (χ0v) is 16.1. The Morgan fingerprint density at radius 2 is 1.69 bits per heavy atom. The van der Waals surface area contributed by atoms with Gasteiger partial charge < -0.3 is 13.7 Å². The van der Waals surface area contributed by atoms with E-state index < -0.39 is 0 Å². The number of hydrogen-bond acceptors (Lipinski definition) is 4. The zero-order chi connectivity index (χ0) is 18.5. The minimum absolute atomic E-state index is 0.732. The largest absolute Gasteiger partial charge is 0.493 e. The average molecular weight is 353 g/mol. The van der Waals surface area contributed by atoms with Crippen molar-refractivity contribution in [3.8, 4) is 17.1 Å². The third-order valence-corrected chi connectivity index (χ3v) is 4.48. The van der Waals surface area contributed by atoms with Gasteiger partial charge in [0.05, 0.1) is 12.3 Å². The summed E-state index contributed by atoms with van der Waals surface area (Å²) in [4.78, 5) is 0. The molecule has 4 heteroatoms. The number of rotatable bonds is 8. The molecule has 3 rings (SSSR count). The lowest BCUT2D eigenvalue weighted by molar-refractivity contribution is 0.299. The SMILES string of the molecule is Cc1cc(CCCCCOc2c(C)cc(-c3ccc(C)o3)cc2C)on1. The van der Waals surface area contributed by atoms with Crippen molar-refractivity contribution in [3.05, 3.63) is 58.7 Å². The highest BCUT2D eigenvalue weighted by Crippen LogP contribution is 2.31. The van der Waals surface area contributed by atoms with Crippen molar-refractivity contribution in [2.24, 2.45) is 0 Å². The van der Waals surface area contributed by atoms with E-state index in [2.05, 4.69) is 31.1 Å². The summed E-state index contributed by atoms with van der Waals surface area (Å²) < 4.78 is 17.0. The van der Waals surface area contributed by atoms with E-state index in [0.29, 0.717) is 0 Å². The maximum absolute atomic E-state index is 6.05. The third kappa shape index (κ3) is 4.57. The average Bonchev–Trinajstić information content (AvgIpc) is 3.21. The molecule has 0 atom stereocenters. The number of nitrogens with zero attached hydrogens (tertiary/aromatic N) is 1. The zero-order valence-electron chi connectivity index (χ0n) is 16.1. The molecule has 0 aliphatic heterocycles. The van der Waals surface area contributed by atoms with Gasteiger partial charge in [0.2, 0.25) is 0 Å². The monoisotopic (exact) mass is 353 g/mol. The van der Waals surface area contributed by atoms with E-state index in [1.54, 1.807) is 0 Å². The number of furan rings is 1. The maximum atomic E-state index is 6.05. The van der Waals surface area contributed by atoms with Crippen molar-refractivity contribution in [1.29, 1.82) is 0 Å². The Hall–Kier alpha value is -2.49. The van der Waals surface area contributed by atoms with Gasteiger partial charge in [-0.25, -0.2) is 0 Å². The van der Waals surface area contributed by atoms with Crippen LogP contribution in [0.5, 0.6) is 5.75 Å². The van der Waals surface area contributed by atoms with Gasteiger partial charge in [-0.1, -0.05) is 5.16 Å². The van der Waals surface area contributed by atoms with Crippen LogP contribution in [0.3, 0.4) is 0 Å². The van der Waals surface area contributed by atoms with Crippen LogP contribution in [0.2, 0.25) is 0 Å². The molecular weight excluding hydrogens is 326 g/mol. The number of unbranched alkanes of at least 4 members (excludes halogenated alkanes) is 2. The first-order valence-corrected chi connectivity index (χ1v) is 9.26. The van der Waals surface area contributed by atoms with Gasteiger partial charge in [-0.15, -0.1) is 0 Å². The smallest absolute Gasteiger partial charge is 0.136 e. The van der Waals surface area contributed by atoms with Gasteiger partial charge in [0.15, 0.2) is 0 Å². The van der Waals surface area contributed by atoms with Gasteiger partial charge in [-0.3, -0.25) is 0 Å². The van der Waals surface area contributed by atoms with Crippen molar-refractivity contribution in [1.82, 2.24) is 5.16 Å². The maximum Gasteiger partial charge on any atom is 0.136 e. The van der Waals surface area contributed by atoms with E-state index in [9.17, 15) is 0 Å². The number of ether oxygens (including phenoxy) is 1. The number of hydrogen-bond donors (Lipinski definition) is 0. The van der Waals surface area contributed by atoms with Crippen LogP contribution in [-0.2, 0) is 6.42 Å². The minimum Gasteiger partial charge on any atom is -0.493 e. The molecule has 2 heterocycles. The predicted octanol–water partition coefficient (Wildman–Crippen LogP) is 5.96. The Bertz CT molecular complexity index is 837. The molecule has 1 aromatic carbocycles. The molecule has 26 heavy (non-hydrogen) atoms. The van der Waals surface area contributed by atoms with Crippen LogP contribution in [0.1, 0.15) is 47.6 Å². The van der Waals surface area contributed by atoms with Crippen LogP contribution in [0.25, 0.3) is 11.3 Å². The first kappa shape index (κ1) is 18.3. The summed E-state index contributed by atoms with van der Waals surface area (Å²) in [5.74, 6) is 3.79. The molecule has 0 saturated heterocycles. The predicted molar refractivity (Wildman–Crippen MR) is 103 cm³/mol. The Labute approximate surface area is 155 Å². The van der Waals surface area contributed by atoms with E-state index in [0.717, 1.165) is 77.7 Å². The van der Waals surface area contributed by atoms with E-state index in [1.807, 2.05) is 32.0 Å². The fourth-order valence-electron chi connectivity index (χ4n) is 3.20. The molecule has 0 fully saturated rings. The summed E-state index contributed by atoms with van der Waals surface area (Å²) >= 11 is 0. The number of benzene rings is 1. The topological polar surface area (TPSA) is 48.4 Å². The van der Waals surface area contributed by atoms with Crippen LogP contribution in [0.15, 0.2) is 39.3 Å². The van der Waals surface area contributed by atoms with Gasteiger partial charge in [0, 0.05) is 18.1 Å². The Balaban J connectivity index is 1.48. The van der Waals surface area contributed by atoms with E-state index >= 15 is 0 Å². The summed E-state index contributed by atoms with van der Waals surface area (Å²) in [5.41, 5.74) is 4.34. The third-order valence-electron chi connectivity index (χ3n) is 4.48. The van der Waals surface area contributed by atoms with E-state index in [1.165, 1.54) is 0 Å². The van der Waals surface area contributed by atoms with Gasteiger partial charge in [0.25, 0.3) is 0 Å². The lowest BCUT2D eigenvalue weighted by Gasteiger charge is -2.13. The molecule has 0 radical (unpaired) electrons. The second-order valence-corrected chi connectivity index (χ2v) is 6.94. The quantitative estimate of drug-likeness (QED) is 0.469. The number of aryl methyl sites for hydroxylation is 5. The van der Waals surface area contributed by atoms with Crippen molar-refractivity contribution >= 4 is 0 Å². The Morgan fingerprint density at radius 3 is 2.31 bits per heavy atom. The molecule has 0 aliphatic rings. The van der Waals surface area contributed by atoms with Gasteiger partial charge in [-0.05, 0) is 82.3 Å². The Kier molecular flexibility index (Phi) is 5.82. The van der Waals surface area contributed by atoms with Crippen molar-refractivity contribution in [2.75, 3.05) is 6.61 Å². The lowest BCUT2D eigenvalue weighted by Crippen LogP contribution is -2.01. The van der Waals surface area contributed by atoms with Crippen molar-refractivity contribution in [3.63, 3.8) is 0 Å².